The number of anilines is 1. The summed E-state index contributed by atoms with van der Waals surface area (Å²) < 4.78 is 40.6. The van der Waals surface area contributed by atoms with Crippen molar-refractivity contribution in [2.24, 2.45) is 10.6 Å². The van der Waals surface area contributed by atoms with Crippen molar-refractivity contribution in [3.05, 3.63) is 11.1 Å². The van der Waals surface area contributed by atoms with E-state index >= 15 is 0 Å². The van der Waals surface area contributed by atoms with E-state index in [2.05, 4.69) is 15.5 Å². The van der Waals surface area contributed by atoms with Gasteiger partial charge in [-0.05, 0) is 34.6 Å². The van der Waals surface area contributed by atoms with Crippen molar-refractivity contribution in [3.63, 3.8) is 0 Å². The first-order valence-electron chi connectivity index (χ1n) is 11.3. The zero-order valence-corrected chi connectivity index (χ0v) is 23.8. The molecule has 2 atom stereocenters. The number of methoxy groups -OCH3 is 1. The van der Waals surface area contributed by atoms with Crippen LogP contribution in [0.4, 0.5) is 5.13 Å². The molecule has 1 aromatic heterocycles. The van der Waals surface area contributed by atoms with Crippen LogP contribution in [-0.2, 0) is 48.0 Å². The number of amides is 2. The molecular formula is C21H31N5O11S2. The molecule has 2 amide bonds. The maximum atomic E-state index is 13.0. The number of carboxylic acid groups (broad SMARTS) is 1. The molecule has 1 saturated heterocycles. The number of carboxylic acids is 1. The summed E-state index contributed by atoms with van der Waals surface area (Å²) in [6, 6.07) is -2.39. The summed E-state index contributed by atoms with van der Waals surface area (Å²) in [6.45, 7) is 6.05. The number of aliphatic carboxylic acids is 1. The van der Waals surface area contributed by atoms with Crippen LogP contribution in [0.25, 0.3) is 0 Å². The van der Waals surface area contributed by atoms with Gasteiger partial charge in [0, 0.05) is 12.5 Å². The quantitative estimate of drug-likeness (QED) is 0.0814. The minimum absolute atomic E-state index is 0.0355. The van der Waals surface area contributed by atoms with Crippen LogP contribution in [0, 0.1) is 5.41 Å². The number of carbonyl (C=O) groups excluding carboxylic acids is 3. The van der Waals surface area contributed by atoms with Crippen LogP contribution in [0.1, 0.15) is 40.3 Å². The van der Waals surface area contributed by atoms with E-state index in [0.717, 1.165) is 11.3 Å². The number of thiazole rings is 1. The fraction of sp³-hybridized carbons (Fsp3) is 0.619. The third-order valence-corrected chi connectivity index (χ3v) is 7.45. The highest BCUT2D eigenvalue weighted by Crippen LogP contribution is 2.27. The molecule has 2 heterocycles. The van der Waals surface area contributed by atoms with Gasteiger partial charge in [0.25, 0.3) is 11.8 Å². The number of oxime groups is 1. The van der Waals surface area contributed by atoms with Gasteiger partial charge in [-0.25, -0.2) is 14.1 Å². The monoisotopic (exact) mass is 593 g/mol. The second-order valence-corrected chi connectivity index (χ2v) is 11.9. The Balaban J connectivity index is 2.11. The minimum atomic E-state index is -4.64. The van der Waals surface area contributed by atoms with Crippen LogP contribution in [0.15, 0.2) is 10.5 Å². The third-order valence-electron chi connectivity index (χ3n) is 5.36. The summed E-state index contributed by atoms with van der Waals surface area (Å²) in [5.41, 5.74) is 1.91. The maximum absolute atomic E-state index is 13.0. The lowest BCUT2D eigenvalue weighted by molar-refractivity contribution is -0.161. The van der Waals surface area contributed by atoms with E-state index in [1.165, 1.54) is 47.1 Å². The summed E-state index contributed by atoms with van der Waals surface area (Å²) >= 11 is 0.972. The molecule has 0 bridgehead atoms. The molecule has 1 aliphatic heterocycles. The van der Waals surface area contributed by atoms with Crippen molar-refractivity contribution in [1.29, 1.82) is 0 Å². The normalized spacial score (nSPS) is 18.4. The Morgan fingerprint density at radius 1 is 1.26 bits per heavy atom. The number of nitrogens with one attached hydrogen (secondary N) is 1. The molecule has 1 aromatic rings. The minimum Gasteiger partial charge on any atom is -0.478 e. The molecule has 4 N–H and O–H groups in total. The van der Waals surface area contributed by atoms with Crippen molar-refractivity contribution >= 4 is 56.2 Å². The van der Waals surface area contributed by atoms with Gasteiger partial charge in [0.2, 0.25) is 5.60 Å². The summed E-state index contributed by atoms with van der Waals surface area (Å²) in [6.07, 6.45) is 0. The first kappa shape index (κ1) is 31.9. The fourth-order valence-corrected chi connectivity index (χ4v) is 4.82. The Morgan fingerprint density at radius 3 is 2.41 bits per heavy atom. The number of esters is 1. The number of hydrogen-bond donors (Lipinski definition) is 3. The standard InChI is InChI=1S/C21H31N5O11S2/c1-11-13(16(28)26(11)39(32,33)36-10-20(2,3)18(31)35-8-7-34-6)24-15(27)14(12-9-38-19(22)23-12)25-37-21(4,5)17(29)30/h9,11,13H,7-8,10H2,1-6H3,(H2,22,23)(H,24,27)(H,29,30)/b25-14+/t11-,13-/m0/s1. The van der Waals surface area contributed by atoms with E-state index in [0.29, 0.717) is 4.31 Å². The van der Waals surface area contributed by atoms with Gasteiger partial charge in [0.1, 0.15) is 18.3 Å². The van der Waals surface area contributed by atoms with Crippen LogP contribution < -0.4 is 11.1 Å². The molecule has 16 nitrogen and oxygen atoms in total. The molecule has 0 aromatic carbocycles. The Bertz CT molecular complexity index is 1240. The topological polar surface area (TPSA) is 226 Å². The van der Waals surface area contributed by atoms with Crippen molar-refractivity contribution in [2.75, 3.05) is 32.7 Å². The Morgan fingerprint density at radius 2 is 1.90 bits per heavy atom. The number of ether oxygens (including phenoxy) is 2. The zero-order chi connectivity index (χ0) is 29.8. The van der Waals surface area contributed by atoms with Gasteiger partial charge in [-0.3, -0.25) is 18.6 Å². The lowest BCUT2D eigenvalue weighted by Crippen LogP contribution is -2.71. The molecule has 0 spiro atoms. The SMILES string of the molecule is COCCOC(=O)C(C)(C)COS(=O)(=O)N1C(=O)[C@@H](NC(=O)/C(=N/OC(C)(C)C(=O)O)c2csc(N)n2)[C@@H]1C. The van der Waals surface area contributed by atoms with Gasteiger partial charge in [-0.1, -0.05) is 5.16 Å². The van der Waals surface area contributed by atoms with Crippen LogP contribution in [-0.4, -0.2) is 96.9 Å². The van der Waals surface area contributed by atoms with E-state index in [1.54, 1.807) is 0 Å². The highest BCUT2D eigenvalue weighted by Gasteiger charge is 2.53. The van der Waals surface area contributed by atoms with Gasteiger partial charge in [0.05, 0.1) is 24.7 Å². The molecule has 218 valence electrons. The van der Waals surface area contributed by atoms with Crippen molar-refractivity contribution in [2.45, 2.75) is 52.3 Å². The molecule has 39 heavy (non-hydrogen) atoms. The summed E-state index contributed by atoms with van der Waals surface area (Å²) in [5.74, 6) is -4.10. The predicted octanol–water partition coefficient (Wildman–Crippen LogP) is -0.498. The van der Waals surface area contributed by atoms with E-state index in [9.17, 15) is 32.7 Å². The number of carbonyl (C=O) groups is 4. The van der Waals surface area contributed by atoms with Gasteiger partial charge in [0.15, 0.2) is 10.8 Å². The van der Waals surface area contributed by atoms with Gasteiger partial charge < -0.3 is 30.5 Å². The zero-order valence-electron chi connectivity index (χ0n) is 22.1. The lowest BCUT2D eigenvalue weighted by atomic mass is 9.95. The second-order valence-electron chi connectivity index (χ2n) is 9.48. The van der Waals surface area contributed by atoms with Gasteiger partial charge >= 0.3 is 22.2 Å². The molecule has 0 radical (unpaired) electrons. The molecule has 18 heteroatoms. The highest BCUT2D eigenvalue weighted by molar-refractivity contribution is 7.85. The molecule has 0 saturated carbocycles. The molecule has 0 aliphatic carbocycles. The summed E-state index contributed by atoms with van der Waals surface area (Å²) in [4.78, 5) is 58.2. The Hall–Kier alpha value is -3.35. The molecule has 2 rings (SSSR count). The average Bonchev–Trinajstić information content (AvgIpc) is 3.27. The number of nitrogen functional groups attached to an aromatic ring is 1. The van der Waals surface area contributed by atoms with E-state index in [1.807, 2.05) is 0 Å². The smallest absolute Gasteiger partial charge is 0.365 e. The summed E-state index contributed by atoms with van der Waals surface area (Å²) in [7, 11) is -3.22. The number of aromatic nitrogens is 1. The van der Waals surface area contributed by atoms with Crippen molar-refractivity contribution in [1.82, 2.24) is 14.6 Å². The van der Waals surface area contributed by atoms with Crippen LogP contribution >= 0.6 is 11.3 Å². The van der Waals surface area contributed by atoms with Crippen molar-refractivity contribution in [3.8, 4) is 0 Å². The van der Waals surface area contributed by atoms with Gasteiger partial charge in [-0.2, -0.15) is 8.42 Å². The summed E-state index contributed by atoms with van der Waals surface area (Å²) in [5, 5.41) is 16.6. The number of β-lactam (4-membered cyclic amide) rings is 1. The molecule has 1 fully saturated rings. The predicted molar refractivity (Wildman–Crippen MR) is 136 cm³/mol. The molecular weight excluding hydrogens is 562 g/mol. The molecule has 0 unspecified atom stereocenters. The first-order valence-corrected chi connectivity index (χ1v) is 13.6. The number of nitrogens with zero attached hydrogens (tertiary/aromatic N) is 3. The van der Waals surface area contributed by atoms with Crippen molar-refractivity contribution < 1.29 is 51.2 Å². The largest absolute Gasteiger partial charge is 0.478 e. The Kier molecular flexibility index (Phi) is 9.99. The van der Waals surface area contributed by atoms with Gasteiger partial charge in [-0.15, -0.1) is 11.3 Å². The highest BCUT2D eigenvalue weighted by atomic mass is 32.2. The van der Waals surface area contributed by atoms with Crippen LogP contribution in [0.3, 0.4) is 0 Å². The number of rotatable bonds is 14. The first-order chi connectivity index (χ1) is 17.9. The van der Waals surface area contributed by atoms with E-state index < -0.39 is 69.5 Å². The fourth-order valence-electron chi connectivity index (χ4n) is 2.85. The number of nitrogens with two attached hydrogens (primary N) is 1. The Labute approximate surface area is 228 Å². The average molecular weight is 594 g/mol. The lowest BCUT2D eigenvalue weighted by Gasteiger charge is -2.43. The van der Waals surface area contributed by atoms with Crippen LogP contribution in [0.2, 0.25) is 0 Å². The van der Waals surface area contributed by atoms with Crippen LogP contribution in [0.5, 0.6) is 0 Å². The maximum Gasteiger partial charge on any atom is 0.365 e. The second kappa shape index (κ2) is 12.2. The van der Waals surface area contributed by atoms with E-state index in [-0.39, 0.29) is 24.0 Å². The third kappa shape index (κ3) is 7.61. The number of hydrogen-bond acceptors (Lipinski definition) is 14. The molecule has 1 aliphatic rings. The van der Waals surface area contributed by atoms with E-state index in [4.69, 9.17) is 24.2 Å².